The predicted octanol–water partition coefficient (Wildman–Crippen LogP) is 4.65. The van der Waals surface area contributed by atoms with Crippen LogP contribution in [0.2, 0.25) is 0 Å². The van der Waals surface area contributed by atoms with E-state index in [-0.39, 0.29) is 5.97 Å². The number of carbonyl (C=O) groups excluding carboxylic acids is 1. The Balaban J connectivity index is 2.11. The van der Waals surface area contributed by atoms with Crippen LogP contribution >= 0.6 is 0 Å². The number of hydrogen-bond donors (Lipinski definition) is 0. The van der Waals surface area contributed by atoms with Gasteiger partial charge in [-0.2, -0.15) is 5.26 Å². The highest BCUT2D eigenvalue weighted by molar-refractivity contribution is 5.98. The maximum absolute atomic E-state index is 11.3. The Bertz CT molecular complexity index is 979. The minimum atomic E-state index is -0.360. The fraction of sp³-hybridized carbons (Fsp3) is 0.0909. The zero-order valence-corrected chi connectivity index (χ0v) is 13.9. The number of fused-ring (bicyclic) bond motifs is 1. The lowest BCUT2D eigenvalue weighted by Crippen LogP contribution is -1.95. The van der Waals surface area contributed by atoms with Crippen molar-refractivity contribution in [2.24, 2.45) is 0 Å². The van der Waals surface area contributed by atoms with E-state index in [1.54, 1.807) is 0 Å². The number of benzene rings is 3. The number of rotatable bonds is 4. The first kappa shape index (κ1) is 16.5. The molecule has 0 heterocycles. The molecule has 25 heavy (non-hydrogen) atoms. The summed E-state index contributed by atoms with van der Waals surface area (Å²) in [6, 6.07) is 22.1. The molecule has 0 aliphatic heterocycles. The average molecular weight is 327 g/mol. The lowest BCUT2D eigenvalue weighted by Gasteiger charge is -2.13. The molecular formula is C22H17NO2. The van der Waals surface area contributed by atoms with E-state index in [0.717, 1.165) is 27.5 Å². The molecule has 3 aromatic carbocycles. The predicted molar refractivity (Wildman–Crippen MR) is 99.0 cm³/mol. The van der Waals surface area contributed by atoms with Gasteiger partial charge in [0.05, 0.1) is 18.7 Å². The molecule has 0 spiro atoms. The topological polar surface area (TPSA) is 50.1 Å². The molecule has 0 aliphatic carbocycles. The molecule has 3 nitrogen and oxygen atoms in total. The van der Waals surface area contributed by atoms with Crippen molar-refractivity contribution >= 4 is 16.7 Å². The molecule has 0 saturated heterocycles. The van der Waals surface area contributed by atoms with Crippen LogP contribution in [0.15, 0.2) is 72.8 Å². The van der Waals surface area contributed by atoms with Gasteiger partial charge in [-0.05, 0) is 46.0 Å². The van der Waals surface area contributed by atoms with Crippen molar-refractivity contribution in [1.29, 1.82) is 5.26 Å². The van der Waals surface area contributed by atoms with Gasteiger partial charge in [0.1, 0.15) is 0 Å². The van der Waals surface area contributed by atoms with Crippen molar-refractivity contribution in [3.8, 4) is 17.2 Å². The van der Waals surface area contributed by atoms with Crippen molar-refractivity contribution < 1.29 is 9.53 Å². The molecule has 0 amide bonds. The molecule has 0 radical (unpaired) electrons. The normalized spacial score (nSPS) is 10.7. The highest BCUT2D eigenvalue weighted by Gasteiger charge is 2.09. The summed E-state index contributed by atoms with van der Waals surface area (Å²) in [5.74, 6) is -0.360. The Morgan fingerprint density at radius 3 is 2.56 bits per heavy atom. The molecule has 0 aromatic heterocycles. The summed E-state index contributed by atoms with van der Waals surface area (Å²) in [5, 5.41) is 11.3. The maximum atomic E-state index is 11.3. The zero-order valence-electron chi connectivity index (χ0n) is 13.9. The number of esters is 1. The first-order chi connectivity index (χ1) is 12.2. The van der Waals surface area contributed by atoms with E-state index in [4.69, 9.17) is 5.26 Å². The molecule has 0 aliphatic rings. The largest absolute Gasteiger partial charge is 0.466 e. The highest BCUT2D eigenvalue weighted by atomic mass is 16.5. The van der Waals surface area contributed by atoms with E-state index >= 15 is 0 Å². The van der Waals surface area contributed by atoms with Gasteiger partial charge in [0.15, 0.2) is 0 Å². The van der Waals surface area contributed by atoms with E-state index in [0.29, 0.717) is 12.0 Å². The van der Waals surface area contributed by atoms with Crippen LogP contribution in [0.25, 0.3) is 21.9 Å². The Hall–Kier alpha value is -3.38. The fourth-order valence-electron chi connectivity index (χ4n) is 2.89. The standard InChI is InChI=1S/C22H17NO2/c1-25-21(24)8-4-6-18-14-13-17-5-2-3-7-20(17)22(18)19-11-9-16(15-23)10-12-19/h2-5,7-14H,6H2,1H3/b8-4+. The second kappa shape index (κ2) is 7.46. The van der Waals surface area contributed by atoms with Crippen LogP contribution in [0.1, 0.15) is 11.1 Å². The van der Waals surface area contributed by atoms with Crippen LogP contribution < -0.4 is 0 Å². The molecule has 0 atom stereocenters. The molecular weight excluding hydrogens is 310 g/mol. The second-order valence-electron chi connectivity index (χ2n) is 5.64. The zero-order chi connectivity index (χ0) is 17.6. The molecule has 0 bridgehead atoms. The summed E-state index contributed by atoms with van der Waals surface area (Å²) in [4.78, 5) is 11.3. The van der Waals surface area contributed by atoms with Gasteiger partial charge in [-0.15, -0.1) is 0 Å². The smallest absolute Gasteiger partial charge is 0.330 e. The minimum absolute atomic E-state index is 0.360. The van der Waals surface area contributed by atoms with Gasteiger partial charge in [0, 0.05) is 6.08 Å². The van der Waals surface area contributed by atoms with Crippen molar-refractivity contribution in [2.45, 2.75) is 6.42 Å². The number of ether oxygens (including phenoxy) is 1. The van der Waals surface area contributed by atoms with Gasteiger partial charge in [-0.25, -0.2) is 4.79 Å². The first-order valence-corrected chi connectivity index (χ1v) is 7.98. The van der Waals surface area contributed by atoms with Crippen LogP contribution in [0, 0.1) is 11.3 Å². The van der Waals surface area contributed by atoms with Gasteiger partial charge >= 0.3 is 5.97 Å². The third-order valence-corrected chi connectivity index (χ3v) is 4.11. The second-order valence-corrected chi connectivity index (χ2v) is 5.64. The number of nitrogens with zero attached hydrogens (tertiary/aromatic N) is 1. The minimum Gasteiger partial charge on any atom is -0.466 e. The molecule has 3 aromatic rings. The van der Waals surface area contributed by atoms with Gasteiger partial charge in [-0.1, -0.05) is 54.6 Å². The van der Waals surface area contributed by atoms with E-state index in [9.17, 15) is 4.79 Å². The lowest BCUT2D eigenvalue weighted by molar-refractivity contribution is -0.134. The third kappa shape index (κ3) is 3.59. The molecule has 122 valence electrons. The third-order valence-electron chi connectivity index (χ3n) is 4.11. The van der Waals surface area contributed by atoms with Gasteiger partial charge in [0.2, 0.25) is 0 Å². The Labute approximate surface area is 146 Å². The number of methoxy groups -OCH3 is 1. The van der Waals surface area contributed by atoms with E-state index < -0.39 is 0 Å². The summed E-state index contributed by atoms with van der Waals surface area (Å²) in [7, 11) is 1.37. The van der Waals surface area contributed by atoms with Gasteiger partial charge in [-0.3, -0.25) is 0 Å². The van der Waals surface area contributed by atoms with Crippen molar-refractivity contribution in [3.63, 3.8) is 0 Å². The van der Waals surface area contributed by atoms with E-state index in [1.807, 2.05) is 42.5 Å². The molecule has 3 heteroatoms. The first-order valence-electron chi connectivity index (χ1n) is 7.98. The SMILES string of the molecule is COC(=O)/C=C/Cc1ccc2ccccc2c1-c1ccc(C#N)cc1. The monoisotopic (exact) mass is 327 g/mol. The van der Waals surface area contributed by atoms with Crippen molar-refractivity contribution in [1.82, 2.24) is 0 Å². The van der Waals surface area contributed by atoms with Crippen molar-refractivity contribution in [3.05, 3.63) is 83.9 Å². The highest BCUT2D eigenvalue weighted by Crippen LogP contribution is 2.33. The average Bonchev–Trinajstić information content (AvgIpc) is 2.67. The fourth-order valence-corrected chi connectivity index (χ4v) is 2.89. The molecule has 0 N–H and O–H groups in total. The number of hydrogen-bond acceptors (Lipinski definition) is 3. The molecule has 0 fully saturated rings. The van der Waals surface area contributed by atoms with Gasteiger partial charge in [0.25, 0.3) is 0 Å². The van der Waals surface area contributed by atoms with E-state index in [1.165, 1.54) is 13.2 Å². The summed E-state index contributed by atoms with van der Waals surface area (Å²) in [6.07, 6.45) is 3.87. The van der Waals surface area contributed by atoms with Crippen LogP contribution in [-0.2, 0) is 16.0 Å². The molecule has 0 saturated carbocycles. The van der Waals surface area contributed by atoms with Crippen LogP contribution in [0.4, 0.5) is 0 Å². The number of nitriles is 1. The van der Waals surface area contributed by atoms with Crippen LogP contribution in [0.5, 0.6) is 0 Å². The van der Waals surface area contributed by atoms with Crippen LogP contribution in [0.3, 0.4) is 0 Å². The quantitative estimate of drug-likeness (QED) is 0.518. The van der Waals surface area contributed by atoms with E-state index in [2.05, 4.69) is 35.1 Å². The van der Waals surface area contributed by atoms with Gasteiger partial charge < -0.3 is 4.74 Å². The van der Waals surface area contributed by atoms with Crippen LogP contribution in [-0.4, -0.2) is 13.1 Å². The lowest BCUT2D eigenvalue weighted by atomic mass is 9.91. The summed E-state index contributed by atoms with van der Waals surface area (Å²) >= 11 is 0. The van der Waals surface area contributed by atoms with Crippen molar-refractivity contribution in [2.75, 3.05) is 7.11 Å². The number of allylic oxidation sites excluding steroid dienone is 1. The Morgan fingerprint density at radius 1 is 1.08 bits per heavy atom. The number of carbonyl (C=O) groups is 1. The molecule has 0 unspecified atom stereocenters. The Kier molecular flexibility index (Phi) is 4.92. The maximum Gasteiger partial charge on any atom is 0.330 e. The molecule has 3 rings (SSSR count). The Morgan fingerprint density at radius 2 is 1.84 bits per heavy atom. The summed E-state index contributed by atoms with van der Waals surface area (Å²) < 4.78 is 4.64. The summed E-state index contributed by atoms with van der Waals surface area (Å²) in [5.41, 5.74) is 3.93. The summed E-state index contributed by atoms with van der Waals surface area (Å²) in [6.45, 7) is 0.